The first kappa shape index (κ1) is 10.5. The zero-order chi connectivity index (χ0) is 10.1. The molecular weight excluding hydrogens is 328 g/mol. The average Bonchev–Trinajstić information content (AvgIpc) is 2.73. The molecule has 0 aliphatic heterocycles. The predicted octanol–water partition coefficient (Wildman–Crippen LogP) is 4.90. The number of hydrogen-bond donors (Lipinski definition) is 0. The second-order valence-corrected chi connectivity index (χ2v) is 6.38. The predicted molar refractivity (Wildman–Crippen MR) is 66.2 cm³/mol. The van der Waals surface area contributed by atoms with E-state index in [1.54, 1.807) is 17.6 Å². The van der Waals surface area contributed by atoms with E-state index in [1.807, 2.05) is 12.1 Å². The van der Waals surface area contributed by atoms with Crippen molar-refractivity contribution in [2.75, 3.05) is 0 Å². The summed E-state index contributed by atoms with van der Waals surface area (Å²) >= 11 is 8.80. The molecule has 0 amide bonds. The van der Waals surface area contributed by atoms with Crippen LogP contribution in [0.25, 0.3) is 0 Å². The molecule has 74 valence electrons. The Morgan fingerprint density at radius 3 is 2.64 bits per heavy atom. The molecule has 2 aromatic rings. The third-order valence-corrected chi connectivity index (χ3v) is 4.88. The minimum absolute atomic E-state index is 0.161. The second-order valence-electron chi connectivity index (χ2n) is 2.97. The summed E-state index contributed by atoms with van der Waals surface area (Å²) < 4.78 is 6.57. The molecule has 1 unspecified atom stereocenters. The van der Waals surface area contributed by atoms with E-state index in [9.17, 15) is 0 Å². The standard InChI is InChI=1S/C10H8Br2OS/c1-6-4-5-13-10(6)9(12)7-2-3-8(11)14-7/h2-5,9H,1H3. The smallest absolute Gasteiger partial charge is 0.125 e. The van der Waals surface area contributed by atoms with Crippen molar-refractivity contribution in [1.29, 1.82) is 0 Å². The van der Waals surface area contributed by atoms with Crippen LogP contribution in [0.3, 0.4) is 0 Å². The summed E-state index contributed by atoms with van der Waals surface area (Å²) in [6.45, 7) is 2.05. The van der Waals surface area contributed by atoms with Crippen LogP contribution in [0.1, 0.15) is 21.0 Å². The van der Waals surface area contributed by atoms with E-state index in [4.69, 9.17) is 4.42 Å². The molecule has 0 N–H and O–H groups in total. The molecule has 0 aromatic carbocycles. The molecule has 0 aliphatic carbocycles. The van der Waals surface area contributed by atoms with Gasteiger partial charge in [-0.25, -0.2) is 0 Å². The maximum Gasteiger partial charge on any atom is 0.125 e. The average molecular weight is 336 g/mol. The van der Waals surface area contributed by atoms with Gasteiger partial charge in [-0.15, -0.1) is 11.3 Å². The molecule has 0 saturated heterocycles. The fraction of sp³-hybridized carbons (Fsp3) is 0.200. The van der Waals surface area contributed by atoms with Crippen LogP contribution in [0.4, 0.5) is 0 Å². The molecule has 0 aliphatic rings. The zero-order valence-electron chi connectivity index (χ0n) is 7.46. The molecule has 2 heterocycles. The van der Waals surface area contributed by atoms with Crippen LogP contribution in [0.5, 0.6) is 0 Å². The Labute approximate surface area is 103 Å². The van der Waals surface area contributed by atoms with Gasteiger partial charge in [0.1, 0.15) is 10.6 Å². The molecule has 2 aromatic heterocycles. The van der Waals surface area contributed by atoms with E-state index in [2.05, 4.69) is 44.8 Å². The Hall–Kier alpha value is -0.0600. The van der Waals surface area contributed by atoms with Crippen molar-refractivity contribution >= 4 is 43.2 Å². The molecule has 4 heteroatoms. The number of aryl methyl sites for hydroxylation is 1. The van der Waals surface area contributed by atoms with Gasteiger partial charge in [0.25, 0.3) is 0 Å². The molecule has 1 nitrogen and oxygen atoms in total. The van der Waals surface area contributed by atoms with Gasteiger partial charge in [0, 0.05) is 4.88 Å². The highest BCUT2D eigenvalue weighted by Gasteiger charge is 2.17. The zero-order valence-corrected chi connectivity index (χ0v) is 11.4. The number of hydrogen-bond acceptors (Lipinski definition) is 2. The molecule has 0 saturated carbocycles. The lowest BCUT2D eigenvalue weighted by Gasteiger charge is -2.04. The van der Waals surface area contributed by atoms with Gasteiger partial charge in [0.15, 0.2) is 0 Å². The lowest BCUT2D eigenvalue weighted by atomic mass is 10.2. The van der Waals surface area contributed by atoms with E-state index in [0.717, 1.165) is 9.55 Å². The number of rotatable bonds is 2. The third-order valence-electron chi connectivity index (χ3n) is 1.98. The summed E-state index contributed by atoms with van der Waals surface area (Å²) in [5, 5.41) is 0. The molecule has 0 bridgehead atoms. The largest absolute Gasteiger partial charge is 0.467 e. The highest BCUT2D eigenvalue weighted by atomic mass is 79.9. The summed E-state index contributed by atoms with van der Waals surface area (Å²) in [7, 11) is 0. The second kappa shape index (κ2) is 4.21. The van der Waals surface area contributed by atoms with Crippen molar-refractivity contribution in [2.45, 2.75) is 11.8 Å². The summed E-state index contributed by atoms with van der Waals surface area (Å²) in [4.78, 5) is 1.41. The first-order valence-corrected chi connectivity index (χ1v) is 6.64. The molecule has 2 rings (SSSR count). The lowest BCUT2D eigenvalue weighted by molar-refractivity contribution is 0.518. The molecule has 1 atom stereocenters. The van der Waals surface area contributed by atoms with E-state index in [-0.39, 0.29) is 4.83 Å². The molecule has 0 spiro atoms. The first-order valence-electron chi connectivity index (χ1n) is 4.12. The SMILES string of the molecule is Cc1ccoc1C(Br)c1ccc(Br)s1. The maximum absolute atomic E-state index is 5.43. The van der Waals surface area contributed by atoms with Gasteiger partial charge in [-0.1, -0.05) is 15.9 Å². The van der Waals surface area contributed by atoms with Gasteiger partial charge in [0.05, 0.1) is 10.0 Å². The van der Waals surface area contributed by atoms with E-state index in [0.29, 0.717) is 0 Å². The summed E-state index contributed by atoms with van der Waals surface area (Å²) in [5.41, 5.74) is 1.18. The summed E-state index contributed by atoms with van der Waals surface area (Å²) in [5.74, 6) is 0.986. The van der Waals surface area contributed by atoms with Gasteiger partial charge >= 0.3 is 0 Å². The van der Waals surface area contributed by atoms with Crippen LogP contribution < -0.4 is 0 Å². The number of halogens is 2. The summed E-state index contributed by atoms with van der Waals surface area (Å²) in [6.07, 6.45) is 1.72. The molecule has 0 radical (unpaired) electrons. The Balaban J connectivity index is 2.33. The Morgan fingerprint density at radius 1 is 1.36 bits per heavy atom. The van der Waals surface area contributed by atoms with E-state index < -0.39 is 0 Å². The Kier molecular flexibility index (Phi) is 3.14. The first-order chi connectivity index (χ1) is 6.68. The van der Waals surface area contributed by atoms with Gasteiger partial charge in [0.2, 0.25) is 0 Å². The quantitative estimate of drug-likeness (QED) is 0.712. The fourth-order valence-electron chi connectivity index (χ4n) is 1.24. The van der Waals surface area contributed by atoms with Crippen LogP contribution in [-0.2, 0) is 0 Å². The van der Waals surface area contributed by atoms with Crippen LogP contribution in [0, 0.1) is 6.92 Å². The molecular formula is C10H8Br2OS. The van der Waals surface area contributed by atoms with E-state index in [1.165, 1.54) is 10.4 Å². The van der Waals surface area contributed by atoms with Crippen molar-refractivity contribution in [2.24, 2.45) is 0 Å². The van der Waals surface area contributed by atoms with Crippen molar-refractivity contribution in [3.63, 3.8) is 0 Å². The van der Waals surface area contributed by atoms with Gasteiger partial charge in [-0.2, -0.15) is 0 Å². The molecule has 14 heavy (non-hydrogen) atoms. The van der Waals surface area contributed by atoms with Crippen molar-refractivity contribution in [3.05, 3.63) is 44.4 Å². The Bertz CT molecular complexity index is 433. The minimum Gasteiger partial charge on any atom is -0.467 e. The van der Waals surface area contributed by atoms with Gasteiger partial charge in [-0.3, -0.25) is 0 Å². The van der Waals surface area contributed by atoms with Crippen LogP contribution in [0.15, 0.2) is 32.7 Å². The number of furan rings is 1. The van der Waals surface area contributed by atoms with Crippen LogP contribution in [-0.4, -0.2) is 0 Å². The topological polar surface area (TPSA) is 13.1 Å². The molecule has 0 fully saturated rings. The van der Waals surface area contributed by atoms with Crippen LogP contribution in [0.2, 0.25) is 0 Å². The van der Waals surface area contributed by atoms with Crippen molar-refractivity contribution < 1.29 is 4.42 Å². The summed E-state index contributed by atoms with van der Waals surface area (Å²) in [6, 6.07) is 6.12. The van der Waals surface area contributed by atoms with Crippen molar-refractivity contribution in [1.82, 2.24) is 0 Å². The lowest BCUT2D eigenvalue weighted by Crippen LogP contribution is -1.88. The maximum atomic E-state index is 5.43. The van der Waals surface area contributed by atoms with Crippen molar-refractivity contribution in [3.8, 4) is 0 Å². The number of alkyl halides is 1. The van der Waals surface area contributed by atoms with Gasteiger partial charge in [-0.05, 0) is 46.6 Å². The monoisotopic (exact) mass is 334 g/mol. The Morgan fingerprint density at radius 2 is 2.14 bits per heavy atom. The third kappa shape index (κ3) is 1.97. The van der Waals surface area contributed by atoms with Gasteiger partial charge < -0.3 is 4.42 Å². The normalized spacial score (nSPS) is 13.1. The highest BCUT2D eigenvalue weighted by molar-refractivity contribution is 9.11. The highest BCUT2D eigenvalue weighted by Crippen LogP contribution is 2.38. The minimum atomic E-state index is 0.161. The number of thiophene rings is 1. The van der Waals surface area contributed by atoms with E-state index >= 15 is 0 Å². The fourth-order valence-corrected chi connectivity index (χ4v) is 3.54. The van der Waals surface area contributed by atoms with Crippen LogP contribution >= 0.6 is 43.2 Å².